The summed E-state index contributed by atoms with van der Waals surface area (Å²) in [5, 5.41) is 17.3. The van der Waals surface area contributed by atoms with Gasteiger partial charge in [0.15, 0.2) is 0 Å². The van der Waals surface area contributed by atoms with E-state index < -0.39 is 0 Å². The van der Waals surface area contributed by atoms with Gasteiger partial charge in [0.05, 0.1) is 24.0 Å². The van der Waals surface area contributed by atoms with E-state index in [9.17, 15) is 9.90 Å². The Bertz CT molecular complexity index is 489. The lowest BCUT2D eigenvalue weighted by Crippen LogP contribution is -2.37. The number of rotatable bonds is 4. The number of halogens is 1. The van der Waals surface area contributed by atoms with E-state index in [4.69, 9.17) is 11.6 Å². The predicted molar refractivity (Wildman–Crippen MR) is 75.7 cm³/mol. The first-order chi connectivity index (χ1) is 9.13. The molecule has 1 aromatic rings. The Morgan fingerprint density at radius 1 is 1.53 bits per heavy atom. The second-order valence-corrected chi connectivity index (χ2v) is 5.38. The highest BCUT2D eigenvalue weighted by Crippen LogP contribution is 2.24. The van der Waals surface area contributed by atoms with Crippen LogP contribution in [0.1, 0.15) is 39.0 Å². The van der Waals surface area contributed by atoms with Crippen molar-refractivity contribution in [1.29, 1.82) is 0 Å². The minimum atomic E-state index is -0.386. The Kier molecular flexibility index (Phi) is 4.82. The zero-order valence-corrected chi connectivity index (χ0v) is 11.9. The third-order valence-corrected chi connectivity index (χ3v) is 3.86. The molecule has 1 heterocycles. The van der Waals surface area contributed by atoms with Crippen LogP contribution in [0, 0.1) is 0 Å². The van der Waals surface area contributed by atoms with E-state index in [1.807, 2.05) is 6.92 Å². The molecule has 5 nitrogen and oxygen atoms in total. The number of aliphatic hydroxyl groups excluding tert-OH is 1. The van der Waals surface area contributed by atoms with Crippen LogP contribution in [-0.2, 0) is 6.54 Å². The number of anilines is 1. The second-order valence-electron chi connectivity index (χ2n) is 5.00. The predicted octanol–water partition coefficient (Wildman–Crippen LogP) is 2.02. The summed E-state index contributed by atoms with van der Waals surface area (Å²) in [6.07, 6.45) is 5.81. The van der Waals surface area contributed by atoms with Crippen LogP contribution in [0.3, 0.4) is 0 Å². The van der Waals surface area contributed by atoms with Gasteiger partial charge in [0.1, 0.15) is 5.02 Å². The van der Waals surface area contributed by atoms with Crippen LogP contribution in [0.15, 0.2) is 11.0 Å². The molecule has 0 aliphatic heterocycles. The first-order valence-corrected chi connectivity index (χ1v) is 7.21. The van der Waals surface area contributed by atoms with Crippen LogP contribution in [-0.4, -0.2) is 27.0 Å². The normalized spacial score (nSPS) is 23.3. The smallest absolute Gasteiger partial charge is 0.287 e. The molecule has 1 aromatic heterocycles. The molecule has 0 saturated heterocycles. The third kappa shape index (κ3) is 3.28. The average Bonchev–Trinajstić information content (AvgIpc) is 2.41. The van der Waals surface area contributed by atoms with Crippen LogP contribution in [0.5, 0.6) is 0 Å². The summed E-state index contributed by atoms with van der Waals surface area (Å²) in [7, 11) is 0. The molecule has 6 heteroatoms. The van der Waals surface area contributed by atoms with Crippen LogP contribution < -0.4 is 10.9 Å². The SMILES string of the molecule is CCCn1ncc(NC2CCCCC2O)c(Cl)c1=O. The molecule has 106 valence electrons. The van der Waals surface area contributed by atoms with E-state index >= 15 is 0 Å². The number of aromatic nitrogens is 2. The summed E-state index contributed by atoms with van der Waals surface area (Å²) in [4.78, 5) is 12.0. The summed E-state index contributed by atoms with van der Waals surface area (Å²) < 4.78 is 1.37. The van der Waals surface area contributed by atoms with Gasteiger partial charge in [-0.15, -0.1) is 0 Å². The standard InChI is InChI=1S/C13H20ClN3O2/c1-2-7-17-13(19)12(14)10(8-15-17)16-9-5-3-4-6-11(9)18/h8-9,11,16,18H,2-7H2,1H3. The molecular weight excluding hydrogens is 266 g/mol. The number of hydrogen-bond acceptors (Lipinski definition) is 4. The molecule has 0 amide bonds. The quantitative estimate of drug-likeness (QED) is 0.888. The van der Waals surface area contributed by atoms with Crippen molar-refractivity contribution in [3.63, 3.8) is 0 Å². The average molecular weight is 286 g/mol. The minimum Gasteiger partial charge on any atom is -0.391 e. The molecule has 1 saturated carbocycles. The van der Waals surface area contributed by atoms with Crippen LogP contribution in [0.25, 0.3) is 0 Å². The molecule has 19 heavy (non-hydrogen) atoms. The fourth-order valence-corrected chi connectivity index (χ4v) is 2.62. The molecule has 2 unspecified atom stereocenters. The lowest BCUT2D eigenvalue weighted by Gasteiger charge is -2.29. The Hall–Kier alpha value is -1.07. The van der Waals surface area contributed by atoms with Crippen molar-refractivity contribution in [3.8, 4) is 0 Å². The van der Waals surface area contributed by atoms with Crippen molar-refractivity contribution in [2.45, 2.75) is 57.7 Å². The number of aliphatic hydroxyl groups is 1. The Morgan fingerprint density at radius 2 is 2.26 bits per heavy atom. The summed E-state index contributed by atoms with van der Waals surface area (Å²) in [5.74, 6) is 0. The molecule has 0 spiro atoms. The molecule has 1 aliphatic carbocycles. The van der Waals surface area contributed by atoms with E-state index in [1.54, 1.807) is 6.20 Å². The topological polar surface area (TPSA) is 67.2 Å². The zero-order chi connectivity index (χ0) is 13.8. The van der Waals surface area contributed by atoms with Crippen molar-refractivity contribution >= 4 is 17.3 Å². The molecular formula is C13H20ClN3O2. The maximum atomic E-state index is 12.0. The van der Waals surface area contributed by atoms with E-state index in [0.29, 0.717) is 12.2 Å². The first kappa shape index (κ1) is 14.3. The summed E-state index contributed by atoms with van der Waals surface area (Å²) in [6.45, 7) is 2.54. The molecule has 2 N–H and O–H groups in total. The Morgan fingerprint density at radius 3 is 2.95 bits per heavy atom. The molecule has 0 radical (unpaired) electrons. The first-order valence-electron chi connectivity index (χ1n) is 6.83. The van der Waals surface area contributed by atoms with Gasteiger partial charge in [-0.25, -0.2) is 4.68 Å². The monoisotopic (exact) mass is 285 g/mol. The van der Waals surface area contributed by atoms with E-state index in [0.717, 1.165) is 32.1 Å². The van der Waals surface area contributed by atoms with Gasteiger partial charge in [-0.2, -0.15) is 5.10 Å². The highest BCUT2D eigenvalue weighted by Gasteiger charge is 2.24. The zero-order valence-electron chi connectivity index (χ0n) is 11.1. The lowest BCUT2D eigenvalue weighted by atomic mass is 9.92. The fraction of sp³-hybridized carbons (Fsp3) is 0.692. The third-order valence-electron chi connectivity index (χ3n) is 3.49. The summed E-state index contributed by atoms with van der Waals surface area (Å²) in [6, 6.07) is -0.0468. The van der Waals surface area contributed by atoms with Gasteiger partial charge in [0, 0.05) is 6.54 Å². The number of nitrogens with zero attached hydrogens (tertiary/aromatic N) is 2. The number of hydrogen-bond donors (Lipinski definition) is 2. The van der Waals surface area contributed by atoms with Gasteiger partial charge in [-0.05, 0) is 19.3 Å². The molecule has 2 atom stereocenters. The van der Waals surface area contributed by atoms with Crippen molar-refractivity contribution in [1.82, 2.24) is 9.78 Å². The Labute approximate surface area is 117 Å². The van der Waals surface area contributed by atoms with Gasteiger partial charge in [-0.1, -0.05) is 31.4 Å². The van der Waals surface area contributed by atoms with E-state index in [1.165, 1.54) is 4.68 Å². The van der Waals surface area contributed by atoms with Gasteiger partial charge < -0.3 is 10.4 Å². The number of aryl methyl sites for hydroxylation is 1. The van der Waals surface area contributed by atoms with Crippen LogP contribution in [0.2, 0.25) is 5.02 Å². The van der Waals surface area contributed by atoms with E-state index in [-0.39, 0.29) is 22.7 Å². The van der Waals surface area contributed by atoms with Gasteiger partial charge >= 0.3 is 0 Å². The maximum Gasteiger partial charge on any atom is 0.287 e. The molecule has 0 aromatic carbocycles. The largest absolute Gasteiger partial charge is 0.391 e. The minimum absolute atomic E-state index is 0.0468. The van der Waals surface area contributed by atoms with Crippen LogP contribution in [0.4, 0.5) is 5.69 Å². The summed E-state index contributed by atoms with van der Waals surface area (Å²) >= 11 is 6.08. The lowest BCUT2D eigenvalue weighted by molar-refractivity contribution is 0.116. The second kappa shape index (κ2) is 6.39. The van der Waals surface area contributed by atoms with Gasteiger partial charge in [0.2, 0.25) is 0 Å². The van der Waals surface area contributed by atoms with Crippen molar-refractivity contribution in [2.24, 2.45) is 0 Å². The highest BCUT2D eigenvalue weighted by molar-refractivity contribution is 6.32. The molecule has 1 fully saturated rings. The van der Waals surface area contributed by atoms with Gasteiger partial charge in [0.25, 0.3) is 5.56 Å². The molecule has 1 aliphatic rings. The molecule has 2 rings (SSSR count). The highest BCUT2D eigenvalue weighted by atomic mass is 35.5. The van der Waals surface area contributed by atoms with Crippen molar-refractivity contribution in [2.75, 3.05) is 5.32 Å². The van der Waals surface area contributed by atoms with Crippen molar-refractivity contribution < 1.29 is 5.11 Å². The number of nitrogens with one attached hydrogen (secondary N) is 1. The molecule has 0 bridgehead atoms. The fourth-order valence-electron chi connectivity index (χ4n) is 2.42. The van der Waals surface area contributed by atoms with Gasteiger partial charge in [-0.3, -0.25) is 4.79 Å². The van der Waals surface area contributed by atoms with Crippen LogP contribution >= 0.6 is 11.6 Å². The summed E-state index contributed by atoms with van der Waals surface area (Å²) in [5.41, 5.74) is 0.240. The maximum absolute atomic E-state index is 12.0. The van der Waals surface area contributed by atoms with Crippen molar-refractivity contribution in [3.05, 3.63) is 21.6 Å². The Balaban J connectivity index is 2.16. The van der Waals surface area contributed by atoms with E-state index in [2.05, 4.69) is 10.4 Å².